The molecule has 18 heavy (non-hydrogen) atoms. The summed E-state index contributed by atoms with van der Waals surface area (Å²) in [5, 5.41) is 2.87. The van der Waals surface area contributed by atoms with E-state index in [1.165, 1.54) is 0 Å². The van der Waals surface area contributed by atoms with Gasteiger partial charge in [0.15, 0.2) is 0 Å². The van der Waals surface area contributed by atoms with Crippen molar-refractivity contribution >= 4 is 11.6 Å². The summed E-state index contributed by atoms with van der Waals surface area (Å²) in [6.07, 6.45) is 2.37. The summed E-state index contributed by atoms with van der Waals surface area (Å²) in [5.41, 5.74) is 0.714. The number of hydrogen-bond donors (Lipinski definition) is 1. The Bertz CT molecular complexity index is 400. The van der Waals surface area contributed by atoms with E-state index in [-0.39, 0.29) is 12.0 Å². The van der Waals surface area contributed by atoms with E-state index in [1.54, 1.807) is 0 Å². The largest absolute Gasteiger partial charge is 0.491 e. The number of carbonyl (C=O) groups excluding carboxylic acids is 1. The zero-order valence-corrected chi connectivity index (χ0v) is 10.6. The van der Waals surface area contributed by atoms with E-state index in [9.17, 15) is 4.79 Å². The Labute approximate surface area is 107 Å². The Morgan fingerprint density at radius 3 is 3.06 bits per heavy atom. The molecule has 1 saturated heterocycles. The first-order valence-electron chi connectivity index (χ1n) is 6.45. The predicted molar refractivity (Wildman–Crippen MR) is 69.8 cm³/mol. The number of anilines is 1. The minimum absolute atomic E-state index is 0.0833. The van der Waals surface area contributed by atoms with Crippen LogP contribution in [0.25, 0.3) is 0 Å². The predicted octanol–water partition coefficient (Wildman–Crippen LogP) is 2.59. The number of benzene rings is 1. The summed E-state index contributed by atoms with van der Waals surface area (Å²) in [7, 11) is 0. The number of amides is 1. The highest BCUT2D eigenvalue weighted by molar-refractivity contribution is 5.95. The van der Waals surface area contributed by atoms with Gasteiger partial charge in [0, 0.05) is 6.61 Å². The van der Waals surface area contributed by atoms with E-state index in [0.717, 1.165) is 19.3 Å². The maximum atomic E-state index is 11.9. The van der Waals surface area contributed by atoms with Crippen LogP contribution in [0.1, 0.15) is 26.2 Å². The fraction of sp³-hybridized carbons (Fsp3) is 0.500. The molecule has 1 unspecified atom stereocenters. The van der Waals surface area contributed by atoms with Crippen LogP contribution in [0, 0.1) is 0 Å². The van der Waals surface area contributed by atoms with E-state index < -0.39 is 0 Å². The molecule has 1 atom stereocenters. The van der Waals surface area contributed by atoms with Gasteiger partial charge in [-0.1, -0.05) is 19.1 Å². The average molecular weight is 249 g/mol. The van der Waals surface area contributed by atoms with E-state index in [4.69, 9.17) is 9.47 Å². The lowest BCUT2D eigenvalue weighted by Crippen LogP contribution is -2.27. The average Bonchev–Trinajstić information content (AvgIpc) is 2.91. The van der Waals surface area contributed by atoms with Gasteiger partial charge in [-0.3, -0.25) is 4.79 Å². The van der Waals surface area contributed by atoms with E-state index in [0.29, 0.717) is 24.7 Å². The zero-order chi connectivity index (χ0) is 12.8. The van der Waals surface area contributed by atoms with Gasteiger partial charge >= 0.3 is 0 Å². The molecule has 0 aliphatic carbocycles. The number of para-hydroxylation sites is 2. The van der Waals surface area contributed by atoms with Crippen molar-refractivity contribution in [1.82, 2.24) is 0 Å². The molecule has 0 bridgehead atoms. The highest BCUT2D eigenvalue weighted by atomic mass is 16.5. The Balaban J connectivity index is 2.00. The Kier molecular flexibility index (Phi) is 4.59. The molecule has 4 heteroatoms. The molecular weight excluding hydrogens is 230 g/mol. The third kappa shape index (κ3) is 3.23. The maximum absolute atomic E-state index is 11.9. The normalized spacial score (nSPS) is 18.6. The lowest BCUT2D eigenvalue weighted by molar-refractivity contribution is -0.124. The third-order valence-electron chi connectivity index (χ3n) is 2.83. The molecule has 1 aromatic carbocycles. The van der Waals surface area contributed by atoms with Gasteiger partial charge in [0.05, 0.1) is 12.3 Å². The Morgan fingerprint density at radius 2 is 2.33 bits per heavy atom. The zero-order valence-electron chi connectivity index (χ0n) is 10.6. The third-order valence-corrected chi connectivity index (χ3v) is 2.83. The molecule has 1 amide bonds. The molecule has 4 nitrogen and oxygen atoms in total. The van der Waals surface area contributed by atoms with Gasteiger partial charge in [0.25, 0.3) is 5.91 Å². The van der Waals surface area contributed by atoms with Gasteiger partial charge in [0.2, 0.25) is 0 Å². The monoisotopic (exact) mass is 249 g/mol. The minimum atomic E-state index is -0.316. The minimum Gasteiger partial charge on any atom is -0.491 e. The van der Waals surface area contributed by atoms with Crippen molar-refractivity contribution in [2.45, 2.75) is 32.3 Å². The van der Waals surface area contributed by atoms with E-state index in [1.807, 2.05) is 31.2 Å². The second-order valence-corrected chi connectivity index (χ2v) is 4.34. The summed E-state index contributed by atoms with van der Waals surface area (Å²) in [6.45, 7) is 3.37. The number of carbonyl (C=O) groups is 1. The fourth-order valence-corrected chi connectivity index (χ4v) is 1.91. The van der Waals surface area contributed by atoms with Crippen LogP contribution in [-0.2, 0) is 9.53 Å². The van der Waals surface area contributed by atoms with Crippen molar-refractivity contribution in [3.63, 3.8) is 0 Å². The molecule has 0 aromatic heterocycles. The van der Waals surface area contributed by atoms with E-state index in [2.05, 4.69) is 5.32 Å². The van der Waals surface area contributed by atoms with Crippen LogP contribution >= 0.6 is 0 Å². The van der Waals surface area contributed by atoms with Crippen LogP contribution in [0.4, 0.5) is 5.69 Å². The summed E-state index contributed by atoms with van der Waals surface area (Å²) in [4.78, 5) is 11.9. The molecule has 1 aliphatic rings. The van der Waals surface area contributed by atoms with Crippen LogP contribution in [0.2, 0.25) is 0 Å². The summed E-state index contributed by atoms with van der Waals surface area (Å²) in [5.74, 6) is 0.630. The first kappa shape index (κ1) is 12.9. The SMILES string of the molecule is CCCOc1ccccc1NC(=O)C1CCCO1. The number of rotatable bonds is 5. The van der Waals surface area contributed by atoms with Gasteiger partial charge < -0.3 is 14.8 Å². The summed E-state index contributed by atoms with van der Waals surface area (Å²) in [6, 6.07) is 7.48. The van der Waals surface area contributed by atoms with Crippen LogP contribution in [-0.4, -0.2) is 25.2 Å². The fourth-order valence-electron chi connectivity index (χ4n) is 1.91. The van der Waals surface area contributed by atoms with Crippen LogP contribution in [0.3, 0.4) is 0 Å². The number of nitrogens with one attached hydrogen (secondary N) is 1. The van der Waals surface area contributed by atoms with Gasteiger partial charge in [-0.15, -0.1) is 0 Å². The van der Waals surface area contributed by atoms with Crippen molar-refractivity contribution in [2.75, 3.05) is 18.5 Å². The second-order valence-electron chi connectivity index (χ2n) is 4.34. The highest BCUT2D eigenvalue weighted by Gasteiger charge is 2.24. The maximum Gasteiger partial charge on any atom is 0.253 e. The van der Waals surface area contributed by atoms with Crippen molar-refractivity contribution in [3.8, 4) is 5.75 Å². The number of ether oxygens (including phenoxy) is 2. The van der Waals surface area contributed by atoms with E-state index >= 15 is 0 Å². The molecular formula is C14H19NO3. The van der Waals surface area contributed by atoms with Gasteiger partial charge in [0.1, 0.15) is 11.9 Å². The van der Waals surface area contributed by atoms with Crippen LogP contribution in [0.15, 0.2) is 24.3 Å². The molecule has 1 N–H and O–H groups in total. The smallest absolute Gasteiger partial charge is 0.253 e. The molecule has 98 valence electrons. The second kappa shape index (κ2) is 6.40. The quantitative estimate of drug-likeness (QED) is 0.872. The van der Waals surface area contributed by atoms with Crippen LogP contribution in [0.5, 0.6) is 5.75 Å². The first-order chi connectivity index (χ1) is 8.81. The van der Waals surface area contributed by atoms with Gasteiger partial charge in [-0.2, -0.15) is 0 Å². The Hall–Kier alpha value is -1.55. The lowest BCUT2D eigenvalue weighted by atomic mass is 10.2. The molecule has 2 rings (SSSR count). The lowest BCUT2D eigenvalue weighted by Gasteiger charge is -2.14. The molecule has 0 radical (unpaired) electrons. The highest BCUT2D eigenvalue weighted by Crippen LogP contribution is 2.25. The summed E-state index contributed by atoms with van der Waals surface area (Å²) < 4.78 is 10.9. The standard InChI is InChI=1S/C14H19NO3/c1-2-9-17-12-7-4-3-6-11(12)15-14(16)13-8-5-10-18-13/h3-4,6-7,13H,2,5,8-10H2,1H3,(H,15,16). The molecule has 1 heterocycles. The molecule has 1 aromatic rings. The molecule has 1 aliphatic heterocycles. The number of hydrogen-bond acceptors (Lipinski definition) is 3. The van der Waals surface area contributed by atoms with Gasteiger partial charge in [-0.05, 0) is 31.4 Å². The summed E-state index contributed by atoms with van der Waals surface area (Å²) >= 11 is 0. The van der Waals surface area contributed by atoms with Crippen molar-refractivity contribution in [3.05, 3.63) is 24.3 Å². The Morgan fingerprint density at radius 1 is 1.50 bits per heavy atom. The molecule has 1 fully saturated rings. The topological polar surface area (TPSA) is 47.6 Å². The van der Waals surface area contributed by atoms with Crippen molar-refractivity contribution < 1.29 is 14.3 Å². The first-order valence-corrected chi connectivity index (χ1v) is 6.45. The van der Waals surface area contributed by atoms with Crippen LogP contribution < -0.4 is 10.1 Å². The van der Waals surface area contributed by atoms with Gasteiger partial charge in [-0.25, -0.2) is 0 Å². The molecule has 0 spiro atoms. The van der Waals surface area contributed by atoms with Crippen molar-refractivity contribution in [2.24, 2.45) is 0 Å². The molecule has 0 saturated carbocycles. The van der Waals surface area contributed by atoms with Crippen molar-refractivity contribution in [1.29, 1.82) is 0 Å².